The number of hydrogen-bond donors (Lipinski definition) is 2. The molecule has 25 heavy (non-hydrogen) atoms. The Hall–Kier alpha value is -2.64. The standard InChI is InChI=1S/C17H17F3N2O3/c18-17(19,20)25-14-6-2-1-4-11(14)10-21-16(23)22-13-5-3-7-15-12(13)8-9-24-15/h1-2,4,6,8-9,13H,3,5,7,10H2,(H2,21,22,23)/t13-/m0/s1. The first-order valence-corrected chi connectivity index (χ1v) is 7.86. The molecule has 1 heterocycles. The summed E-state index contributed by atoms with van der Waals surface area (Å²) in [6.07, 6.45) is -0.669. The summed E-state index contributed by atoms with van der Waals surface area (Å²) in [6.45, 7) is -0.0803. The van der Waals surface area contributed by atoms with Crippen molar-refractivity contribution in [2.75, 3.05) is 0 Å². The Balaban J connectivity index is 1.59. The summed E-state index contributed by atoms with van der Waals surface area (Å²) in [4.78, 5) is 12.1. The zero-order valence-corrected chi connectivity index (χ0v) is 13.2. The van der Waals surface area contributed by atoms with Gasteiger partial charge in [-0.25, -0.2) is 4.79 Å². The Kier molecular flexibility index (Phi) is 4.87. The summed E-state index contributed by atoms with van der Waals surface area (Å²) in [5.41, 5.74) is 1.19. The molecule has 0 unspecified atom stereocenters. The fourth-order valence-electron chi connectivity index (χ4n) is 2.90. The molecule has 134 valence electrons. The second kappa shape index (κ2) is 7.08. The van der Waals surface area contributed by atoms with Crippen LogP contribution in [0.15, 0.2) is 41.0 Å². The third kappa shape index (κ3) is 4.46. The number of halogens is 3. The third-order valence-corrected chi connectivity index (χ3v) is 3.99. The minimum Gasteiger partial charge on any atom is -0.469 e. The molecule has 1 aliphatic rings. The van der Waals surface area contributed by atoms with Crippen LogP contribution in [0.2, 0.25) is 0 Å². The zero-order chi connectivity index (χ0) is 17.9. The molecule has 1 aliphatic carbocycles. The van der Waals surface area contributed by atoms with Gasteiger partial charge in [-0.1, -0.05) is 18.2 Å². The van der Waals surface area contributed by atoms with E-state index in [9.17, 15) is 18.0 Å². The molecule has 2 aromatic rings. The number of carbonyl (C=O) groups is 1. The molecule has 0 radical (unpaired) electrons. The van der Waals surface area contributed by atoms with Crippen molar-refractivity contribution in [2.24, 2.45) is 0 Å². The molecule has 0 bridgehead atoms. The number of amides is 2. The van der Waals surface area contributed by atoms with Crippen LogP contribution in [0.4, 0.5) is 18.0 Å². The molecule has 0 saturated heterocycles. The molecule has 1 atom stereocenters. The van der Waals surface area contributed by atoms with Crippen LogP contribution in [-0.2, 0) is 13.0 Å². The maximum absolute atomic E-state index is 12.4. The highest BCUT2D eigenvalue weighted by Gasteiger charge is 2.32. The number of furan rings is 1. The van der Waals surface area contributed by atoms with Crippen LogP contribution in [0.25, 0.3) is 0 Å². The van der Waals surface area contributed by atoms with Crippen LogP contribution in [0, 0.1) is 0 Å². The third-order valence-electron chi connectivity index (χ3n) is 3.99. The molecule has 1 aromatic carbocycles. The molecule has 2 amide bonds. The van der Waals surface area contributed by atoms with E-state index in [1.807, 2.05) is 6.07 Å². The highest BCUT2D eigenvalue weighted by Crippen LogP contribution is 2.30. The zero-order valence-electron chi connectivity index (χ0n) is 13.2. The molecule has 3 rings (SSSR count). The number of urea groups is 1. The predicted molar refractivity (Wildman–Crippen MR) is 82.9 cm³/mol. The van der Waals surface area contributed by atoms with E-state index in [2.05, 4.69) is 15.4 Å². The smallest absolute Gasteiger partial charge is 0.469 e. The van der Waals surface area contributed by atoms with E-state index in [1.54, 1.807) is 12.3 Å². The van der Waals surface area contributed by atoms with Crippen molar-refractivity contribution in [1.29, 1.82) is 0 Å². The summed E-state index contributed by atoms with van der Waals surface area (Å²) in [6, 6.07) is 6.90. The number of nitrogens with one attached hydrogen (secondary N) is 2. The van der Waals surface area contributed by atoms with Gasteiger partial charge in [0.15, 0.2) is 0 Å². The monoisotopic (exact) mass is 354 g/mol. The van der Waals surface area contributed by atoms with Gasteiger partial charge in [-0.05, 0) is 25.0 Å². The number of para-hydroxylation sites is 1. The van der Waals surface area contributed by atoms with Gasteiger partial charge in [0.1, 0.15) is 11.5 Å². The number of aryl methyl sites for hydroxylation is 1. The van der Waals surface area contributed by atoms with Crippen molar-refractivity contribution in [3.05, 3.63) is 53.5 Å². The van der Waals surface area contributed by atoms with Gasteiger partial charge in [0.25, 0.3) is 0 Å². The molecular formula is C17H17F3N2O3. The first-order valence-electron chi connectivity index (χ1n) is 7.86. The Morgan fingerprint density at radius 2 is 2.08 bits per heavy atom. The lowest BCUT2D eigenvalue weighted by atomic mass is 9.93. The number of rotatable bonds is 4. The van der Waals surface area contributed by atoms with Gasteiger partial charge in [-0.3, -0.25) is 0 Å². The summed E-state index contributed by atoms with van der Waals surface area (Å²) in [5.74, 6) is 0.533. The van der Waals surface area contributed by atoms with Crippen LogP contribution >= 0.6 is 0 Å². The van der Waals surface area contributed by atoms with Gasteiger partial charge in [-0.2, -0.15) is 0 Å². The Morgan fingerprint density at radius 3 is 2.88 bits per heavy atom. The molecule has 0 aliphatic heterocycles. The second-order valence-electron chi connectivity index (χ2n) is 5.73. The number of benzene rings is 1. The second-order valence-corrected chi connectivity index (χ2v) is 5.73. The largest absolute Gasteiger partial charge is 0.573 e. The van der Waals surface area contributed by atoms with E-state index >= 15 is 0 Å². The van der Waals surface area contributed by atoms with Gasteiger partial charge in [-0.15, -0.1) is 13.2 Å². The van der Waals surface area contributed by atoms with E-state index in [0.29, 0.717) is 0 Å². The molecule has 0 saturated carbocycles. The van der Waals surface area contributed by atoms with Gasteiger partial charge in [0.05, 0.1) is 12.3 Å². The van der Waals surface area contributed by atoms with E-state index in [4.69, 9.17) is 4.42 Å². The molecule has 8 heteroatoms. The normalized spacial score (nSPS) is 16.8. The lowest BCUT2D eigenvalue weighted by molar-refractivity contribution is -0.274. The Morgan fingerprint density at radius 1 is 1.28 bits per heavy atom. The van der Waals surface area contributed by atoms with Gasteiger partial charge in [0.2, 0.25) is 0 Å². The number of hydrogen-bond acceptors (Lipinski definition) is 3. The highest BCUT2D eigenvalue weighted by atomic mass is 19.4. The maximum Gasteiger partial charge on any atom is 0.573 e. The average Bonchev–Trinajstić information content (AvgIpc) is 3.02. The Labute approximate surface area is 142 Å². The quantitative estimate of drug-likeness (QED) is 0.870. The molecule has 0 fully saturated rings. The van der Waals surface area contributed by atoms with Crippen LogP contribution in [0.5, 0.6) is 5.75 Å². The molecule has 0 spiro atoms. The van der Waals surface area contributed by atoms with Gasteiger partial charge >= 0.3 is 12.4 Å². The number of carbonyl (C=O) groups excluding carboxylic acids is 1. The van der Waals surface area contributed by atoms with Crippen LogP contribution < -0.4 is 15.4 Å². The van der Waals surface area contributed by atoms with Crippen molar-refractivity contribution in [2.45, 2.75) is 38.2 Å². The lowest BCUT2D eigenvalue weighted by Crippen LogP contribution is -2.38. The molecule has 5 nitrogen and oxygen atoms in total. The molecular weight excluding hydrogens is 337 g/mol. The highest BCUT2D eigenvalue weighted by molar-refractivity contribution is 5.74. The first-order chi connectivity index (χ1) is 11.9. The van der Waals surface area contributed by atoms with Crippen molar-refractivity contribution in [3.8, 4) is 5.75 Å². The van der Waals surface area contributed by atoms with E-state index in [0.717, 1.165) is 30.6 Å². The number of fused-ring (bicyclic) bond motifs is 1. The molecule has 2 N–H and O–H groups in total. The van der Waals surface area contributed by atoms with Gasteiger partial charge in [0, 0.05) is 24.1 Å². The van der Waals surface area contributed by atoms with Crippen LogP contribution in [-0.4, -0.2) is 12.4 Å². The summed E-state index contributed by atoms with van der Waals surface area (Å²) in [5, 5.41) is 5.39. The van der Waals surface area contributed by atoms with Crippen LogP contribution in [0.3, 0.4) is 0 Å². The van der Waals surface area contributed by atoms with Crippen LogP contribution in [0.1, 0.15) is 35.8 Å². The summed E-state index contributed by atoms with van der Waals surface area (Å²) in [7, 11) is 0. The van der Waals surface area contributed by atoms with Crippen molar-refractivity contribution in [3.63, 3.8) is 0 Å². The molecule has 1 aromatic heterocycles. The lowest BCUT2D eigenvalue weighted by Gasteiger charge is -2.23. The van der Waals surface area contributed by atoms with Crippen molar-refractivity contribution < 1.29 is 27.1 Å². The summed E-state index contributed by atoms with van der Waals surface area (Å²) < 4.78 is 46.6. The van der Waals surface area contributed by atoms with E-state index in [1.165, 1.54) is 18.2 Å². The van der Waals surface area contributed by atoms with E-state index in [-0.39, 0.29) is 23.9 Å². The topological polar surface area (TPSA) is 63.5 Å². The predicted octanol–water partition coefficient (Wildman–Crippen LogP) is 4.06. The maximum atomic E-state index is 12.4. The van der Waals surface area contributed by atoms with E-state index < -0.39 is 12.4 Å². The first kappa shape index (κ1) is 17.2. The minimum absolute atomic E-state index is 0.0803. The summed E-state index contributed by atoms with van der Waals surface area (Å²) >= 11 is 0. The van der Waals surface area contributed by atoms with Gasteiger partial charge < -0.3 is 19.8 Å². The number of ether oxygens (including phenoxy) is 1. The fourth-order valence-corrected chi connectivity index (χ4v) is 2.90. The van der Waals surface area contributed by atoms with Crippen molar-refractivity contribution in [1.82, 2.24) is 10.6 Å². The van der Waals surface area contributed by atoms with Crippen molar-refractivity contribution >= 4 is 6.03 Å². The minimum atomic E-state index is -4.78. The fraction of sp³-hybridized carbons (Fsp3) is 0.353. The Bertz CT molecular complexity index is 743. The average molecular weight is 354 g/mol. The SMILES string of the molecule is O=C(NCc1ccccc1OC(F)(F)F)N[C@H]1CCCc2occc21. The number of alkyl halides is 3.